The van der Waals surface area contributed by atoms with Crippen LogP contribution in [0.4, 0.5) is 0 Å². The highest BCUT2D eigenvalue weighted by Crippen LogP contribution is 2.28. The average Bonchev–Trinajstić information content (AvgIpc) is 3.11. The van der Waals surface area contributed by atoms with Crippen LogP contribution in [0.1, 0.15) is 12.5 Å². The highest BCUT2D eigenvalue weighted by molar-refractivity contribution is 9.10. The first-order chi connectivity index (χ1) is 14.0. The number of carbonyl (C=O) groups is 1. The molecule has 0 aliphatic rings. The van der Waals surface area contributed by atoms with Gasteiger partial charge < -0.3 is 9.30 Å². The highest BCUT2D eigenvalue weighted by Gasteiger charge is 2.14. The minimum atomic E-state index is -0.215. The quantitative estimate of drug-likeness (QED) is 0.319. The van der Waals surface area contributed by atoms with Crippen LogP contribution in [0.25, 0.3) is 11.4 Å². The second-order valence-electron chi connectivity index (χ2n) is 6.09. The molecule has 0 radical (unpaired) electrons. The van der Waals surface area contributed by atoms with Crippen molar-refractivity contribution >= 4 is 39.3 Å². The van der Waals surface area contributed by atoms with Gasteiger partial charge in [0.2, 0.25) is 0 Å². The smallest absolute Gasteiger partial charge is 0.250 e. The summed E-state index contributed by atoms with van der Waals surface area (Å²) < 4.78 is 7.94. The fraction of sp³-hybridized carbons (Fsp3) is 0.200. The molecule has 0 atom stereocenters. The Labute approximate surface area is 181 Å². The van der Waals surface area contributed by atoms with E-state index in [2.05, 4.69) is 36.7 Å². The van der Waals surface area contributed by atoms with Crippen LogP contribution in [0, 0.1) is 0 Å². The van der Waals surface area contributed by atoms with Crippen molar-refractivity contribution in [2.75, 3.05) is 12.9 Å². The second-order valence-corrected chi connectivity index (χ2v) is 7.89. The molecule has 29 heavy (non-hydrogen) atoms. The maximum absolute atomic E-state index is 12.2. The number of hydrogen-bond acceptors (Lipinski definition) is 6. The Bertz CT molecular complexity index is 1030. The molecule has 1 amide bonds. The number of methoxy groups -OCH3 is 1. The zero-order valence-corrected chi connectivity index (χ0v) is 18.6. The predicted octanol–water partition coefficient (Wildman–Crippen LogP) is 3.89. The summed E-state index contributed by atoms with van der Waals surface area (Å²) in [6, 6.07) is 15.3. The molecular weight excluding hydrogens is 454 g/mol. The Morgan fingerprint density at radius 2 is 1.93 bits per heavy atom. The molecule has 9 heteroatoms. The number of amides is 1. The zero-order chi connectivity index (χ0) is 20.8. The van der Waals surface area contributed by atoms with Crippen LogP contribution in [0.5, 0.6) is 5.75 Å². The average molecular weight is 474 g/mol. The molecule has 1 aromatic heterocycles. The summed E-state index contributed by atoms with van der Waals surface area (Å²) in [6.07, 6.45) is 0. The summed E-state index contributed by atoms with van der Waals surface area (Å²) in [5.41, 5.74) is 5.14. The molecule has 3 rings (SSSR count). The van der Waals surface area contributed by atoms with Crippen molar-refractivity contribution in [1.29, 1.82) is 0 Å². The van der Waals surface area contributed by atoms with Gasteiger partial charge in [0, 0.05) is 17.1 Å². The van der Waals surface area contributed by atoms with Gasteiger partial charge in [-0.1, -0.05) is 45.9 Å². The van der Waals surface area contributed by atoms with Crippen molar-refractivity contribution in [3.8, 4) is 17.1 Å². The Morgan fingerprint density at radius 3 is 2.62 bits per heavy atom. The molecule has 0 unspecified atom stereocenters. The van der Waals surface area contributed by atoms with Gasteiger partial charge in [-0.2, -0.15) is 5.10 Å². The monoisotopic (exact) mass is 473 g/mol. The lowest BCUT2D eigenvalue weighted by molar-refractivity contribution is -0.118. The van der Waals surface area contributed by atoms with Crippen LogP contribution in [-0.2, 0) is 11.8 Å². The summed E-state index contributed by atoms with van der Waals surface area (Å²) in [6.45, 7) is 1.84. The number of carbonyl (C=O) groups excluding carboxylic acids is 1. The van der Waals surface area contributed by atoms with E-state index < -0.39 is 0 Å². The van der Waals surface area contributed by atoms with Crippen molar-refractivity contribution in [2.24, 2.45) is 12.1 Å². The first kappa shape index (κ1) is 21.1. The third-order valence-corrected chi connectivity index (χ3v) is 5.85. The van der Waals surface area contributed by atoms with Crippen molar-refractivity contribution in [2.45, 2.75) is 12.1 Å². The van der Waals surface area contributed by atoms with Crippen molar-refractivity contribution < 1.29 is 9.53 Å². The highest BCUT2D eigenvalue weighted by atomic mass is 79.9. The molecule has 0 aliphatic heterocycles. The fourth-order valence-corrected chi connectivity index (χ4v) is 3.69. The molecule has 7 nitrogen and oxygen atoms in total. The van der Waals surface area contributed by atoms with Gasteiger partial charge in [0.15, 0.2) is 11.0 Å². The predicted molar refractivity (Wildman–Crippen MR) is 118 cm³/mol. The minimum Gasteiger partial charge on any atom is -0.497 e. The van der Waals surface area contributed by atoms with Crippen molar-refractivity contribution in [3.63, 3.8) is 0 Å². The van der Waals surface area contributed by atoms with E-state index in [1.807, 2.05) is 67.1 Å². The molecule has 1 N–H and O–H groups in total. The maximum Gasteiger partial charge on any atom is 0.250 e. The van der Waals surface area contributed by atoms with Gasteiger partial charge in [0.1, 0.15) is 5.75 Å². The summed E-state index contributed by atoms with van der Waals surface area (Å²) in [5.74, 6) is 1.47. The number of thioether (sulfide) groups is 1. The normalized spacial score (nSPS) is 11.4. The lowest BCUT2D eigenvalue weighted by Gasteiger charge is -2.06. The number of halogens is 1. The van der Waals surface area contributed by atoms with Crippen LogP contribution < -0.4 is 10.2 Å². The number of hydrogen-bond donors (Lipinski definition) is 1. The summed E-state index contributed by atoms with van der Waals surface area (Å²) in [4.78, 5) is 12.2. The van der Waals surface area contributed by atoms with E-state index in [4.69, 9.17) is 4.74 Å². The summed E-state index contributed by atoms with van der Waals surface area (Å²) in [5, 5.41) is 13.3. The molecule has 0 aliphatic carbocycles. The zero-order valence-electron chi connectivity index (χ0n) is 16.2. The van der Waals surface area contributed by atoms with Gasteiger partial charge in [0.05, 0.1) is 18.6 Å². The maximum atomic E-state index is 12.2. The molecule has 0 bridgehead atoms. The van der Waals surface area contributed by atoms with E-state index >= 15 is 0 Å². The number of benzene rings is 2. The van der Waals surface area contributed by atoms with Gasteiger partial charge >= 0.3 is 0 Å². The fourth-order valence-electron chi connectivity index (χ4n) is 2.52. The van der Waals surface area contributed by atoms with Gasteiger partial charge in [-0.05, 0) is 42.8 Å². The van der Waals surface area contributed by atoms with Crippen LogP contribution >= 0.6 is 27.7 Å². The Kier molecular flexibility index (Phi) is 7.05. The van der Waals surface area contributed by atoms with E-state index in [1.54, 1.807) is 7.11 Å². The third-order valence-electron chi connectivity index (χ3n) is 4.14. The largest absolute Gasteiger partial charge is 0.497 e. The van der Waals surface area contributed by atoms with Crippen LogP contribution in [0.3, 0.4) is 0 Å². The summed E-state index contributed by atoms with van der Waals surface area (Å²) in [7, 11) is 3.49. The number of hydrazone groups is 1. The molecule has 150 valence electrons. The summed E-state index contributed by atoms with van der Waals surface area (Å²) >= 11 is 4.83. The van der Waals surface area contributed by atoms with Crippen LogP contribution in [0.2, 0.25) is 0 Å². The Morgan fingerprint density at radius 1 is 1.21 bits per heavy atom. The van der Waals surface area contributed by atoms with E-state index in [9.17, 15) is 4.79 Å². The number of ether oxygens (including phenoxy) is 1. The first-order valence-electron chi connectivity index (χ1n) is 8.74. The van der Waals surface area contributed by atoms with E-state index in [-0.39, 0.29) is 11.7 Å². The SMILES string of the molecule is COc1ccc(/C(C)=N/NC(=O)CSc2nnc(-c3ccccc3Br)n2C)cc1. The first-order valence-corrected chi connectivity index (χ1v) is 10.5. The molecule has 0 saturated carbocycles. The van der Waals surface area contributed by atoms with Gasteiger partial charge in [-0.3, -0.25) is 4.79 Å². The van der Waals surface area contributed by atoms with Crippen molar-refractivity contribution in [1.82, 2.24) is 20.2 Å². The van der Waals surface area contributed by atoms with Gasteiger partial charge in [-0.15, -0.1) is 10.2 Å². The number of rotatable bonds is 7. The topological polar surface area (TPSA) is 81.4 Å². The molecule has 0 fully saturated rings. The Hall–Kier alpha value is -2.65. The second kappa shape index (κ2) is 9.71. The molecule has 3 aromatic rings. The number of nitrogens with zero attached hydrogens (tertiary/aromatic N) is 4. The molecule has 0 saturated heterocycles. The van der Waals surface area contributed by atoms with Gasteiger partial charge in [-0.25, -0.2) is 5.43 Å². The molecule has 2 aromatic carbocycles. The van der Waals surface area contributed by atoms with Gasteiger partial charge in [0.25, 0.3) is 5.91 Å². The number of aromatic nitrogens is 3. The standard InChI is InChI=1S/C20H20BrN5O2S/c1-13(14-8-10-15(28-3)11-9-14)22-23-18(27)12-29-20-25-24-19(26(20)2)16-6-4-5-7-17(16)21/h4-11H,12H2,1-3H3,(H,23,27)/b22-13+. The van der Waals surface area contributed by atoms with E-state index in [0.29, 0.717) is 10.9 Å². The van der Waals surface area contributed by atoms with Crippen molar-refractivity contribution in [3.05, 3.63) is 58.6 Å². The minimum absolute atomic E-state index is 0.182. The lowest BCUT2D eigenvalue weighted by Crippen LogP contribution is -2.21. The van der Waals surface area contributed by atoms with E-state index in [1.165, 1.54) is 11.8 Å². The van der Waals surface area contributed by atoms with E-state index in [0.717, 1.165) is 27.2 Å². The Balaban J connectivity index is 1.59. The van der Waals surface area contributed by atoms with Crippen LogP contribution in [-0.4, -0.2) is 39.2 Å². The van der Waals surface area contributed by atoms with Crippen LogP contribution in [0.15, 0.2) is 63.3 Å². The lowest BCUT2D eigenvalue weighted by atomic mass is 10.1. The molecule has 1 heterocycles. The molecular formula is C20H20BrN5O2S. The number of nitrogens with one attached hydrogen (secondary N) is 1. The molecule has 0 spiro atoms. The third kappa shape index (κ3) is 5.24.